The van der Waals surface area contributed by atoms with E-state index in [1.54, 1.807) is 0 Å². The van der Waals surface area contributed by atoms with E-state index in [4.69, 9.17) is 0 Å². The number of anilines is 1. The van der Waals surface area contributed by atoms with E-state index in [2.05, 4.69) is 50.8 Å². The van der Waals surface area contributed by atoms with E-state index in [0.29, 0.717) is 13.1 Å². The number of urea groups is 1. The molecule has 1 heterocycles. The van der Waals surface area contributed by atoms with Crippen molar-refractivity contribution in [2.45, 2.75) is 13.0 Å². The van der Waals surface area contributed by atoms with Crippen LogP contribution < -0.4 is 15.5 Å². The summed E-state index contributed by atoms with van der Waals surface area (Å²) in [5.74, 6) is 0. The number of piperazine rings is 1. The highest BCUT2D eigenvalue weighted by atomic mass is 16.2. The number of carbonyl (C=O) groups is 1. The number of hydrogen-bond donors (Lipinski definition) is 2. The summed E-state index contributed by atoms with van der Waals surface area (Å²) in [5.41, 5.74) is 2.42. The number of rotatable bonds is 7. The van der Waals surface area contributed by atoms with Gasteiger partial charge in [-0.05, 0) is 30.7 Å². The van der Waals surface area contributed by atoms with Gasteiger partial charge in [-0.1, -0.05) is 48.5 Å². The third-order valence-electron chi connectivity index (χ3n) is 4.73. The van der Waals surface area contributed by atoms with Crippen molar-refractivity contribution in [2.24, 2.45) is 0 Å². The van der Waals surface area contributed by atoms with Gasteiger partial charge in [0.2, 0.25) is 0 Å². The Morgan fingerprint density at radius 2 is 1.50 bits per heavy atom. The van der Waals surface area contributed by atoms with Crippen LogP contribution in [0.2, 0.25) is 0 Å². The molecule has 1 aliphatic rings. The first-order chi connectivity index (χ1) is 12.8. The summed E-state index contributed by atoms with van der Waals surface area (Å²) < 4.78 is 0. The SMILES string of the molecule is O=C(NCCCN1CCN(c2ccccc2)CC1)NCc1ccccc1. The molecule has 2 amide bonds. The van der Waals surface area contributed by atoms with Gasteiger partial charge in [0.15, 0.2) is 0 Å². The number of hydrogen-bond acceptors (Lipinski definition) is 3. The Morgan fingerprint density at radius 3 is 2.19 bits per heavy atom. The maximum atomic E-state index is 11.8. The molecule has 26 heavy (non-hydrogen) atoms. The average molecular weight is 352 g/mol. The fourth-order valence-corrected chi connectivity index (χ4v) is 3.21. The van der Waals surface area contributed by atoms with Crippen LogP contribution in [0.3, 0.4) is 0 Å². The van der Waals surface area contributed by atoms with Gasteiger partial charge in [0.05, 0.1) is 0 Å². The fraction of sp³-hybridized carbons (Fsp3) is 0.381. The van der Waals surface area contributed by atoms with E-state index >= 15 is 0 Å². The van der Waals surface area contributed by atoms with E-state index in [1.807, 2.05) is 30.3 Å². The minimum Gasteiger partial charge on any atom is -0.369 e. The molecule has 2 aromatic rings. The predicted molar refractivity (Wildman–Crippen MR) is 106 cm³/mol. The molecule has 0 radical (unpaired) electrons. The second kappa shape index (κ2) is 9.82. The van der Waals surface area contributed by atoms with Crippen LogP contribution in [-0.2, 0) is 6.54 Å². The van der Waals surface area contributed by atoms with E-state index in [9.17, 15) is 4.79 Å². The highest BCUT2D eigenvalue weighted by Crippen LogP contribution is 2.15. The minimum atomic E-state index is -0.0947. The molecule has 0 aromatic heterocycles. The van der Waals surface area contributed by atoms with Gasteiger partial charge in [-0.25, -0.2) is 4.79 Å². The second-order valence-corrected chi connectivity index (χ2v) is 6.61. The summed E-state index contributed by atoms with van der Waals surface area (Å²) in [4.78, 5) is 16.7. The minimum absolute atomic E-state index is 0.0947. The molecule has 0 saturated carbocycles. The Hall–Kier alpha value is -2.53. The van der Waals surface area contributed by atoms with Gasteiger partial charge < -0.3 is 15.5 Å². The average Bonchev–Trinajstić information content (AvgIpc) is 2.71. The normalized spacial score (nSPS) is 14.8. The molecule has 1 saturated heterocycles. The van der Waals surface area contributed by atoms with Crippen LogP contribution >= 0.6 is 0 Å². The Balaban J connectivity index is 1.26. The van der Waals surface area contributed by atoms with Gasteiger partial charge in [0.1, 0.15) is 0 Å². The topological polar surface area (TPSA) is 47.6 Å². The van der Waals surface area contributed by atoms with Crippen LogP contribution in [0.15, 0.2) is 60.7 Å². The molecule has 2 aromatic carbocycles. The zero-order chi connectivity index (χ0) is 18.0. The standard InChI is InChI=1S/C21H28N4O/c26-21(23-18-19-8-3-1-4-9-19)22-12-7-13-24-14-16-25(17-15-24)20-10-5-2-6-11-20/h1-6,8-11H,7,12-18H2,(H2,22,23,26). The highest BCUT2D eigenvalue weighted by molar-refractivity contribution is 5.73. The molecular formula is C21H28N4O. The zero-order valence-electron chi connectivity index (χ0n) is 15.2. The molecule has 0 bridgehead atoms. The van der Waals surface area contributed by atoms with Gasteiger partial charge >= 0.3 is 6.03 Å². The Bertz CT molecular complexity index is 654. The molecular weight excluding hydrogens is 324 g/mol. The molecule has 2 N–H and O–H groups in total. The first-order valence-electron chi connectivity index (χ1n) is 9.39. The third-order valence-corrected chi connectivity index (χ3v) is 4.73. The molecule has 0 unspecified atom stereocenters. The Kier molecular flexibility index (Phi) is 6.90. The summed E-state index contributed by atoms with van der Waals surface area (Å²) in [7, 11) is 0. The summed E-state index contributed by atoms with van der Waals surface area (Å²) in [5, 5.41) is 5.83. The van der Waals surface area contributed by atoms with Crippen molar-refractivity contribution in [3.8, 4) is 0 Å². The number of para-hydroxylation sites is 1. The highest BCUT2D eigenvalue weighted by Gasteiger charge is 2.16. The summed E-state index contributed by atoms with van der Waals surface area (Å²) in [6.45, 7) is 6.59. The zero-order valence-corrected chi connectivity index (χ0v) is 15.2. The molecule has 0 aliphatic carbocycles. The molecule has 5 nitrogen and oxygen atoms in total. The third kappa shape index (κ3) is 5.77. The van der Waals surface area contributed by atoms with Crippen molar-refractivity contribution in [3.63, 3.8) is 0 Å². The summed E-state index contributed by atoms with van der Waals surface area (Å²) in [6.07, 6.45) is 0.976. The predicted octanol–water partition coefficient (Wildman–Crippen LogP) is 2.70. The summed E-state index contributed by atoms with van der Waals surface area (Å²) >= 11 is 0. The molecule has 5 heteroatoms. The van der Waals surface area contributed by atoms with E-state index < -0.39 is 0 Å². The molecule has 1 aliphatic heterocycles. The summed E-state index contributed by atoms with van der Waals surface area (Å²) in [6, 6.07) is 20.5. The maximum absolute atomic E-state index is 11.8. The Labute approximate surface area is 156 Å². The lowest BCUT2D eigenvalue weighted by Gasteiger charge is -2.36. The van der Waals surface area contributed by atoms with Crippen LogP contribution in [0.5, 0.6) is 0 Å². The van der Waals surface area contributed by atoms with Gasteiger partial charge in [0.25, 0.3) is 0 Å². The lowest BCUT2D eigenvalue weighted by Crippen LogP contribution is -2.47. The van der Waals surface area contributed by atoms with Gasteiger partial charge in [0, 0.05) is 45.0 Å². The molecule has 1 fully saturated rings. The molecule has 3 rings (SSSR count). The first kappa shape index (κ1) is 18.3. The Morgan fingerprint density at radius 1 is 0.846 bits per heavy atom. The molecule has 0 spiro atoms. The number of nitrogens with zero attached hydrogens (tertiary/aromatic N) is 2. The van der Waals surface area contributed by atoms with Crippen LogP contribution in [-0.4, -0.2) is 50.2 Å². The van der Waals surface area contributed by atoms with Crippen molar-refractivity contribution in [3.05, 3.63) is 66.2 Å². The first-order valence-corrected chi connectivity index (χ1v) is 9.39. The number of nitrogens with one attached hydrogen (secondary N) is 2. The van der Waals surface area contributed by atoms with Crippen LogP contribution in [0.25, 0.3) is 0 Å². The lowest BCUT2D eigenvalue weighted by atomic mass is 10.2. The van der Waals surface area contributed by atoms with Crippen molar-refractivity contribution in [1.29, 1.82) is 0 Å². The monoisotopic (exact) mass is 352 g/mol. The molecule has 0 atom stereocenters. The largest absolute Gasteiger partial charge is 0.369 e. The maximum Gasteiger partial charge on any atom is 0.315 e. The van der Waals surface area contributed by atoms with Gasteiger partial charge in [-0.15, -0.1) is 0 Å². The van der Waals surface area contributed by atoms with Crippen molar-refractivity contribution >= 4 is 11.7 Å². The van der Waals surface area contributed by atoms with Crippen LogP contribution in [0.1, 0.15) is 12.0 Å². The van der Waals surface area contributed by atoms with Crippen molar-refractivity contribution in [2.75, 3.05) is 44.2 Å². The van der Waals surface area contributed by atoms with E-state index in [1.165, 1.54) is 5.69 Å². The van der Waals surface area contributed by atoms with Crippen LogP contribution in [0.4, 0.5) is 10.5 Å². The smallest absolute Gasteiger partial charge is 0.315 e. The van der Waals surface area contributed by atoms with E-state index in [0.717, 1.165) is 44.7 Å². The van der Waals surface area contributed by atoms with E-state index in [-0.39, 0.29) is 6.03 Å². The quantitative estimate of drug-likeness (QED) is 0.753. The van der Waals surface area contributed by atoms with Gasteiger partial charge in [-0.2, -0.15) is 0 Å². The van der Waals surface area contributed by atoms with Gasteiger partial charge in [-0.3, -0.25) is 4.90 Å². The lowest BCUT2D eigenvalue weighted by molar-refractivity contribution is 0.235. The van der Waals surface area contributed by atoms with Crippen LogP contribution in [0, 0.1) is 0 Å². The second-order valence-electron chi connectivity index (χ2n) is 6.61. The van der Waals surface area contributed by atoms with Crippen molar-refractivity contribution in [1.82, 2.24) is 15.5 Å². The number of benzene rings is 2. The fourth-order valence-electron chi connectivity index (χ4n) is 3.21. The molecule has 138 valence electrons. The number of amides is 2. The van der Waals surface area contributed by atoms with Crippen molar-refractivity contribution < 1.29 is 4.79 Å². The number of carbonyl (C=O) groups excluding carboxylic acids is 1.